The molecule has 2 heterocycles. The van der Waals surface area contributed by atoms with Crippen molar-refractivity contribution in [1.29, 1.82) is 0 Å². The Hall–Kier alpha value is -2.14. The van der Waals surface area contributed by atoms with Gasteiger partial charge in [0.05, 0.1) is 23.9 Å². The van der Waals surface area contributed by atoms with Crippen molar-refractivity contribution in [3.05, 3.63) is 36.0 Å². The largest absolute Gasteiger partial charge is 0.462 e. The molecule has 1 saturated heterocycles. The number of hydrogen-bond donors (Lipinski definition) is 1. The van der Waals surface area contributed by atoms with E-state index in [2.05, 4.69) is 10.3 Å². The van der Waals surface area contributed by atoms with E-state index < -0.39 is 0 Å². The number of carbonyl (C=O) groups excluding carboxylic acids is 1. The Kier molecular flexibility index (Phi) is 4.53. The quantitative estimate of drug-likeness (QED) is 0.860. The third kappa shape index (κ3) is 3.04. The van der Waals surface area contributed by atoms with Crippen molar-refractivity contribution in [2.45, 2.75) is 25.9 Å². The van der Waals surface area contributed by atoms with Gasteiger partial charge in [0.25, 0.3) is 0 Å². The first kappa shape index (κ1) is 14.8. The summed E-state index contributed by atoms with van der Waals surface area (Å²) < 4.78 is 10.8. The Morgan fingerprint density at radius 3 is 3.09 bits per heavy atom. The van der Waals surface area contributed by atoms with Crippen LogP contribution < -0.4 is 5.32 Å². The van der Waals surface area contributed by atoms with Crippen molar-refractivity contribution in [3.63, 3.8) is 0 Å². The van der Waals surface area contributed by atoms with Crippen molar-refractivity contribution in [2.24, 2.45) is 0 Å². The maximum absolute atomic E-state index is 12.2. The summed E-state index contributed by atoms with van der Waals surface area (Å²) in [5.41, 5.74) is 2.10. The predicted octanol–water partition coefficient (Wildman–Crippen LogP) is 3.00. The third-order valence-corrected chi connectivity index (χ3v) is 3.80. The van der Waals surface area contributed by atoms with Crippen LogP contribution in [0.15, 0.2) is 30.5 Å². The first-order valence-corrected chi connectivity index (χ1v) is 7.70. The second-order valence-corrected chi connectivity index (χ2v) is 5.30. The number of esters is 1. The van der Waals surface area contributed by atoms with E-state index in [9.17, 15) is 4.79 Å². The number of hydrogen-bond acceptors (Lipinski definition) is 5. The van der Waals surface area contributed by atoms with Gasteiger partial charge in [-0.2, -0.15) is 0 Å². The smallest absolute Gasteiger partial charge is 0.341 e. The van der Waals surface area contributed by atoms with Gasteiger partial charge in [0, 0.05) is 24.7 Å². The maximum atomic E-state index is 12.2. The molecule has 0 saturated carbocycles. The van der Waals surface area contributed by atoms with E-state index in [1.54, 1.807) is 13.1 Å². The molecule has 0 radical (unpaired) electrons. The first-order valence-electron chi connectivity index (χ1n) is 7.70. The Morgan fingerprint density at radius 2 is 2.32 bits per heavy atom. The van der Waals surface area contributed by atoms with Crippen LogP contribution in [0.25, 0.3) is 10.9 Å². The van der Waals surface area contributed by atoms with Gasteiger partial charge in [-0.3, -0.25) is 4.98 Å². The third-order valence-electron chi connectivity index (χ3n) is 3.80. The van der Waals surface area contributed by atoms with Crippen molar-refractivity contribution < 1.29 is 14.3 Å². The van der Waals surface area contributed by atoms with Gasteiger partial charge in [0.2, 0.25) is 0 Å². The van der Waals surface area contributed by atoms with E-state index in [0.29, 0.717) is 18.7 Å². The summed E-state index contributed by atoms with van der Waals surface area (Å²) in [6.45, 7) is 3.64. The Morgan fingerprint density at radius 1 is 1.45 bits per heavy atom. The highest BCUT2D eigenvalue weighted by Crippen LogP contribution is 2.27. The summed E-state index contributed by atoms with van der Waals surface area (Å²) in [6, 6.07) is 7.77. The minimum Gasteiger partial charge on any atom is -0.462 e. The number of nitrogens with zero attached hydrogens (tertiary/aromatic N) is 1. The van der Waals surface area contributed by atoms with Gasteiger partial charge in [-0.05, 0) is 25.8 Å². The zero-order valence-electron chi connectivity index (χ0n) is 12.7. The molecular weight excluding hydrogens is 280 g/mol. The van der Waals surface area contributed by atoms with Crippen LogP contribution in [0.3, 0.4) is 0 Å². The van der Waals surface area contributed by atoms with Gasteiger partial charge in [-0.1, -0.05) is 18.2 Å². The number of pyridine rings is 1. The fourth-order valence-electron chi connectivity index (χ4n) is 2.72. The number of anilines is 1. The average Bonchev–Trinajstić information content (AvgIpc) is 3.06. The minimum atomic E-state index is -0.351. The summed E-state index contributed by atoms with van der Waals surface area (Å²) in [4.78, 5) is 16.5. The molecule has 1 aromatic carbocycles. The zero-order chi connectivity index (χ0) is 15.4. The highest BCUT2D eigenvalue weighted by atomic mass is 16.5. The van der Waals surface area contributed by atoms with E-state index in [1.807, 2.05) is 24.3 Å². The number of para-hydroxylation sites is 1. The number of nitrogens with one attached hydrogen (secondary N) is 1. The lowest BCUT2D eigenvalue weighted by Gasteiger charge is -2.16. The Balaban J connectivity index is 1.94. The van der Waals surface area contributed by atoms with Gasteiger partial charge in [-0.25, -0.2) is 4.79 Å². The lowest BCUT2D eigenvalue weighted by atomic mass is 10.1. The number of benzene rings is 1. The van der Waals surface area contributed by atoms with E-state index in [0.717, 1.165) is 36.0 Å². The topological polar surface area (TPSA) is 60.5 Å². The molecule has 1 fully saturated rings. The SMILES string of the molecule is CCOC(=O)c1cnc2ccccc2c1NCC1CCCO1. The molecular formula is C17H20N2O3. The van der Waals surface area contributed by atoms with Gasteiger partial charge < -0.3 is 14.8 Å². The van der Waals surface area contributed by atoms with E-state index in [-0.39, 0.29) is 12.1 Å². The van der Waals surface area contributed by atoms with E-state index >= 15 is 0 Å². The van der Waals surface area contributed by atoms with Crippen LogP contribution in [0.2, 0.25) is 0 Å². The van der Waals surface area contributed by atoms with Gasteiger partial charge >= 0.3 is 5.97 Å². The summed E-state index contributed by atoms with van der Waals surface area (Å²) in [6.07, 6.45) is 3.92. The summed E-state index contributed by atoms with van der Waals surface area (Å²) >= 11 is 0. The van der Waals surface area contributed by atoms with Crippen LogP contribution in [-0.2, 0) is 9.47 Å². The van der Waals surface area contributed by atoms with Crippen LogP contribution in [0.1, 0.15) is 30.1 Å². The zero-order valence-corrected chi connectivity index (χ0v) is 12.7. The molecule has 0 bridgehead atoms. The summed E-state index contributed by atoms with van der Waals surface area (Å²) in [5, 5.41) is 4.29. The normalized spacial score (nSPS) is 17.6. The minimum absolute atomic E-state index is 0.196. The molecule has 22 heavy (non-hydrogen) atoms. The second kappa shape index (κ2) is 6.75. The molecule has 5 nitrogen and oxygen atoms in total. The van der Waals surface area contributed by atoms with Crippen molar-refractivity contribution >= 4 is 22.6 Å². The predicted molar refractivity (Wildman–Crippen MR) is 85.2 cm³/mol. The molecule has 0 spiro atoms. The standard InChI is InChI=1S/C17H20N2O3/c1-2-21-17(20)14-11-18-15-8-4-3-7-13(15)16(14)19-10-12-6-5-9-22-12/h3-4,7-8,11-12H,2,5-6,9-10H2,1H3,(H,18,19). The van der Waals surface area contributed by atoms with Crippen LogP contribution in [0, 0.1) is 0 Å². The highest BCUT2D eigenvalue weighted by molar-refractivity contribution is 6.04. The molecule has 116 valence electrons. The number of rotatable bonds is 5. The van der Waals surface area contributed by atoms with E-state index in [1.165, 1.54) is 0 Å². The highest BCUT2D eigenvalue weighted by Gasteiger charge is 2.19. The molecule has 5 heteroatoms. The Bertz CT molecular complexity index is 666. The molecule has 1 aromatic heterocycles. The summed E-state index contributed by atoms with van der Waals surface area (Å²) in [5.74, 6) is -0.351. The van der Waals surface area contributed by atoms with Crippen LogP contribution in [-0.4, -0.2) is 36.8 Å². The van der Waals surface area contributed by atoms with Crippen molar-refractivity contribution in [1.82, 2.24) is 4.98 Å². The molecule has 1 aliphatic heterocycles. The maximum Gasteiger partial charge on any atom is 0.341 e. The number of aromatic nitrogens is 1. The summed E-state index contributed by atoms with van der Waals surface area (Å²) in [7, 11) is 0. The molecule has 1 aliphatic rings. The molecule has 3 rings (SSSR count). The molecule has 2 aromatic rings. The van der Waals surface area contributed by atoms with Crippen LogP contribution >= 0.6 is 0 Å². The van der Waals surface area contributed by atoms with Gasteiger partial charge in [0.1, 0.15) is 5.56 Å². The Labute approximate surface area is 129 Å². The van der Waals surface area contributed by atoms with Crippen molar-refractivity contribution in [3.8, 4) is 0 Å². The monoisotopic (exact) mass is 300 g/mol. The number of fused-ring (bicyclic) bond motifs is 1. The molecule has 1 unspecified atom stereocenters. The molecule has 0 aliphatic carbocycles. The fourth-order valence-corrected chi connectivity index (χ4v) is 2.72. The average molecular weight is 300 g/mol. The number of carbonyl (C=O) groups is 1. The molecule has 0 amide bonds. The van der Waals surface area contributed by atoms with Crippen LogP contribution in [0.4, 0.5) is 5.69 Å². The lowest BCUT2D eigenvalue weighted by molar-refractivity contribution is 0.0527. The number of ether oxygens (including phenoxy) is 2. The molecule has 1 atom stereocenters. The lowest BCUT2D eigenvalue weighted by Crippen LogP contribution is -2.20. The van der Waals surface area contributed by atoms with E-state index in [4.69, 9.17) is 9.47 Å². The van der Waals surface area contributed by atoms with Gasteiger partial charge in [-0.15, -0.1) is 0 Å². The van der Waals surface area contributed by atoms with Crippen LogP contribution in [0.5, 0.6) is 0 Å². The van der Waals surface area contributed by atoms with Gasteiger partial charge in [0.15, 0.2) is 0 Å². The second-order valence-electron chi connectivity index (χ2n) is 5.30. The first-order chi connectivity index (χ1) is 10.8. The van der Waals surface area contributed by atoms with Crippen molar-refractivity contribution in [2.75, 3.05) is 25.1 Å². The molecule has 1 N–H and O–H groups in total. The fraction of sp³-hybridized carbons (Fsp3) is 0.412.